The van der Waals surface area contributed by atoms with Crippen molar-refractivity contribution >= 4 is 32.4 Å². The summed E-state index contributed by atoms with van der Waals surface area (Å²) in [6.07, 6.45) is 3.07. The second-order valence-corrected chi connectivity index (χ2v) is 11.9. The van der Waals surface area contributed by atoms with Crippen LogP contribution in [0.4, 0.5) is 11.8 Å². The first-order valence-corrected chi connectivity index (χ1v) is 13.5. The van der Waals surface area contributed by atoms with Crippen LogP contribution < -0.4 is 15.5 Å². The molecule has 0 radical (unpaired) electrons. The number of hydrogen-bond donors (Lipinski definition) is 1. The van der Waals surface area contributed by atoms with Crippen molar-refractivity contribution in [1.29, 1.82) is 0 Å². The SMILES string of the molecule is Cc1ccc2nc(N3CCS(=O)(=NC4CC4)c4ccccc4C3)nc(N3CC[C@@H](N)C3)c2c1. The molecule has 3 aliphatic rings. The largest absolute Gasteiger partial charge is 0.354 e. The fraction of sp³-hybridized carbons (Fsp3) is 0.440. The Balaban J connectivity index is 1.45. The summed E-state index contributed by atoms with van der Waals surface area (Å²) in [6.45, 7) is 5.04. The van der Waals surface area contributed by atoms with Crippen molar-refractivity contribution in [2.45, 2.75) is 49.7 Å². The Bertz CT molecular complexity index is 1340. The first kappa shape index (κ1) is 20.9. The van der Waals surface area contributed by atoms with Crippen LogP contribution in [0.25, 0.3) is 10.9 Å². The molecule has 8 heteroatoms. The summed E-state index contributed by atoms with van der Waals surface area (Å²) in [7, 11) is -2.44. The van der Waals surface area contributed by atoms with Crippen molar-refractivity contribution < 1.29 is 4.21 Å². The molecule has 2 N–H and O–H groups in total. The van der Waals surface area contributed by atoms with E-state index in [4.69, 9.17) is 20.1 Å². The molecule has 0 spiro atoms. The summed E-state index contributed by atoms with van der Waals surface area (Å²) in [4.78, 5) is 15.4. The molecule has 6 rings (SSSR count). The highest BCUT2D eigenvalue weighted by Gasteiger charge is 2.30. The fourth-order valence-electron chi connectivity index (χ4n) is 4.85. The lowest BCUT2D eigenvalue weighted by Gasteiger charge is -2.25. The lowest BCUT2D eigenvalue weighted by Crippen LogP contribution is -2.30. The zero-order valence-electron chi connectivity index (χ0n) is 19.0. The van der Waals surface area contributed by atoms with Crippen molar-refractivity contribution in [2.24, 2.45) is 10.1 Å². The quantitative estimate of drug-likeness (QED) is 0.641. The smallest absolute Gasteiger partial charge is 0.228 e. The number of aryl methyl sites for hydroxylation is 1. The Morgan fingerprint density at radius 2 is 1.91 bits per heavy atom. The molecule has 7 nitrogen and oxygen atoms in total. The van der Waals surface area contributed by atoms with E-state index in [0.717, 1.165) is 59.5 Å². The van der Waals surface area contributed by atoms with Crippen LogP contribution in [0.15, 0.2) is 51.7 Å². The molecule has 1 unspecified atom stereocenters. The van der Waals surface area contributed by atoms with Gasteiger partial charge < -0.3 is 15.5 Å². The molecular weight excluding hydrogens is 432 g/mol. The molecule has 2 aliphatic heterocycles. The topological polar surface area (TPSA) is 87.7 Å². The number of nitrogens with zero attached hydrogens (tertiary/aromatic N) is 5. The molecule has 3 aromatic rings. The summed E-state index contributed by atoms with van der Waals surface area (Å²) in [6, 6.07) is 14.8. The Morgan fingerprint density at radius 1 is 1.06 bits per heavy atom. The number of nitrogens with two attached hydrogens (primary N) is 1. The number of fused-ring (bicyclic) bond motifs is 2. The second kappa shape index (κ2) is 7.95. The highest BCUT2D eigenvalue weighted by Crippen LogP contribution is 2.34. The maximum absolute atomic E-state index is 14.0. The highest BCUT2D eigenvalue weighted by atomic mass is 32.2. The van der Waals surface area contributed by atoms with Crippen LogP contribution in [0.2, 0.25) is 0 Å². The maximum atomic E-state index is 14.0. The standard InChI is InChI=1S/C25H30N6OS/c1-17-6-9-22-21(14-17)24(30-11-10-19(26)16-30)28-25(27-22)31-12-13-33(32,29-20-7-8-20)23-5-3-2-4-18(23)15-31/h2-6,9,14,19-20H,7-8,10-13,15-16,26H2,1H3/t19-,33?/m1/s1. The van der Waals surface area contributed by atoms with Crippen molar-refractivity contribution in [3.8, 4) is 0 Å². The molecule has 3 heterocycles. The summed E-state index contributed by atoms with van der Waals surface area (Å²) in [5.41, 5.74) is 9.41. The third-order valence-corrected chi connectivity index (χ3v) is 9.27. The molecule has 33 heavy (non-hydrogen) atoms. The van der Waals surface area contributed by atoms with E-state index in [0.29, 0.717) is 24.8 Å². The second-order valence-electron chi connectivity index (χ2n) is 9.57. The molecular formula is C25H30N6OS. The predicted molar refractivity (Wildman–Crippen MR) is 133 cm³/mol. The molecule has 1 saturated heterocycles. The third kappa shape index (κ3) is 3.95. The zero-order valence-corrected chi connectivity index (χ0v) is 19.8. The average molecular weight is 463 g/mol. The Labute approximate surface area is 195 Å². The van der Waals surface area contributed by atoms with Gasteiger partial charge in [-0.25, -0.2) is 13.6 Å². The van der Waals surface area contributed by atoms with Crippen LogP contribution in [0.5, 0.6) is 0 Å². The van der Waals surface area contributed by atoms with E-state index in [1.165, 1.54) is 5.56 Å². The minimum absolute atomic E-state index is 0.169. The number of aromatic nitrogens is 2. The Hall–Kier alpha value is -2.71. The van der Waals surface area contributed by atoms with Gasteiger partial charge in [-0.1, -0.05) is 29.8 Å². The summed E-state index contributed by atoms with van der Waals surface area (Å²) >= 11 is 0. The van der Waals surface area contributed by atoms with Gasteiger partial charge in [0.2, 0.25) is 5.95 Å². The van der Waals surface area contributed by atoms with E-state index in [-0.39, 0.29) is 12.1 Å². The first-order chi connectivity index (χ1) is 16.0. The molecule has 2 fully saturated rings. The van der Waals surface area contributed by atoms with Crippen molar-refractivity contribution in [1.82, 2.24) is 9.97 Å². The number of rotatable bonds is 3. The maximum Gasteiger partial charge on any atom is 0.228 e. The van der Waals surface area contributed by atoms with E-state index >= 15 is 0 Å². The monoisotopic (exact) mass is 462 g/mol. The van der Waals surface area contributed by atoms with Crippen LogP contribution in [0.1, 0.15) is 30.4 Å². The molecule has 2 atom stereocenters. The Kier molecular flexibility index (Phi) is 5.03. The summed E-state index contributed by atoms with van der Waals surface area (Å²) < 4.78 is 18.8. The van der Waals surface area contributed by atoms with E-state index in [9.17, 15) is 4.21 Å². The van der Waals surface area contributed by atoms with Gasteiger partial charge in [0.15, 0.2) is 0 Å². The highest BCUT2D eigenvalue weighted by molar-refractivity contribution is 7.93. The molecule has 1 aliphatic carbocycles. The van der Waals surface area contributed by atoms with E-state index < -0.39 is 9.73 Å². The van der Waals surface area contributed by atoms with Crippen molar-refractivity contribution in [2.75, 3.05) is 35.2 Å². The van der Waals surface area contributed by atoms with Crippen LogP contribution in [0, 0.1) is 6.92 Å². The van der Waals surface area contributed by atoms with Crippen LogP contribution in [0.3, 0.4) is 0 Å². The van der Waals surface area contributed by atoms with E-state index in [1.54, 1.807) is 0 Å². The van der Waals surface area contributed by atoms with Gasteiger partial charge in [0.05, 0.1) is 31.9 Å². The van der Waals surface area contributed by atoms with Gasteiger partial charge in [-0.2, -0.15) is 4.98 Å². The predicted octanol–water partition coefficient (Wildman–Crippen LogP) is 3.49. The van der Waals surface area contributed by atoms with Gasteiger partial charge in [0.25, 0.3) is 0 Å². The average Bonchev–Trinajstić information content (AvgIpc) is 3.54. The van der Waals surface area contributed by atoms with Gasteiger partial charge >= 0.3 is 0 Å². The van der Waals surface area contributed by atoms with Crippen molar-refractivity contribution in [3.05, 3.63) is 53.6 Å². The number of benzene rings is 2. The number of anilines is 2. The number of hydrogen-bond acceptors (Lipinski definition) is 7. The van der Waals surface area contributed by atoms with Crippen LogP contribution in [-0.2, 0) is 16.3 Å². The van der Waals surface area contributed by atoms with Gasteiger partial charge in [-0.3, -0.25) is 0 Å². The lowest BCUT2D eigenvalue weighted by atomic mass is 10.1. The molecule has 1 aromatic heterocycles. The minimum Gasteiger partial charge on any atom is -0.354 e. The summed E-state index contributed by atoms with van der Waals surface area (Å²) in [5.74, 6) is 2.14. The molecule has 2 aromatic carbocycles. The minimum atomic E-state index is -2.44. The zero-order chi connectivity index (χ0) is 22.6. The fourth-order valence-corrected chi connectivity index (χ4v) is 7.28. The summed E-state index contributed by atoms with van der Waals surface area (Å²) in [5, 5.41) is 1.07. The molecule has 0 amide bonds. The Morgan fingerprint density at radius 3 is 2.70 bits per heavy atom. The van der Waals surface area contributed by atoms with Crippen LogP contribution >= 0.6 is 0 Å². The molecule has 172 valence electrons. The van der Waals surface area contributed by atoms with Crippen LogP contribution in [-0.4, -0.2) is 51.6 Å². The first-order valence-electron chi connectivity index (χ1n) is 11.8. The van der Waals surface area contributed by atoms with Gasteiger partial charge in [-0.05, 0) is 49.9 Å². The lowest BCUT2D eigenvalue weighted by molar-refractivity contribution is 0.674. The normalized spacial score (nSPS) is 25.2. The van der Waals surface area contributed by atoms with E-state index in [2.05, 4.69) is 41.0 Å². The van der Waals surface area contributed by atoms with Gasteiger partial charge in [0.1, 0.15) is 5.82 Å². The molecule has 0 bridgehead atoms. The van der Waals surface area contributed by atoms with Crippen molar-refractivity contribution in [3.63, 3.8) is 0 Å². The molecule has 1 saturated carbocycles. The van der Waals surface area contributed by atoms with Gasteiger partial charge in [-0.15, -0.1) is 0 Å². The third-order valence-electron chi connectivity index (χ3n) is 6.81. The van der Waals surface area contributed by atoms with Gasteiger partial charge in [0, 0.05) is 37.6 Å². The van der Waals surface area contributed by atoms with E-state index in [1.807, 2.05) is 18.2 Å².